The number of alkyl carbamates (subject to hydrolysis) is 1. The van der Waals surface area contributed by atoms with Crippen LogP contribution < -0.4 is 10.6 Å². The van der Waals surface area contributed by atoms with Crippen molar-refractivity contribution in [3.8, 4) is 0 Å². The molecule has 2 rings (SSSR count). The number of carbonyl (C=O) groups is 3. The van der Waals surface area contributed by atoms with E-state index in [0.717, 1.165) is 11.1 Å². The summed E-state index contributed by atoms with van der Waals surface area (Å²) >= 11 is 0. The molecule has 0 bridgehead atoms. The van der Waals surface area contributed by atoms with Gasteiger partial charge in [0.1, 0.15) is 12.2 Å². The number of rotatable bonds is 8. The van der Waals surface area contributed by atoms with E-state index < -0.39 is 11.7 Å². The fourth-order valence-electron chi connectivity index (χ4n) is 2.50. The summed E-state index contributed by atoms with van der Waals surface area (Å²) in [5.74, 6) is -0.681. The van der Waals surface area contributed by atoms with Crippen molar-refractivity contribution in [2.75, 3.05) is 6.54 Å². The molecular weight excluding hydrogens is 384 g/mol. The van der Waals surface area contributed by atoms with E-state index >= 15 is 0 Å². The van der Waals surface area contributed by atoms with Crippen molar-refractivity contribution in [1.29, 1.82) is 0 Å². The molecule has 160 valence electrons. The van der Waals surface area contributed by atoms with E-state index in [-0.39, 0.29) is 38.0 Å². The van der Waals surface area contributed by atoms with Crippen molar-refractivity contribution in [3.63, 3.8) is 0 Å². The second-order valence-corrected chi connectivity index (χ2v) is 7.71. The van der Waals surface area contributed by atoms with Crippen LogP contribution >= 0.6 is 0 Å². The molecule has 0 aliphatic carbocycles. The van der Waals surface area contributed by atoms with E-state index in [4.69, 9.17) is 9.47 Å². The Kier molecular flexibility index (Phi) is 8.41. The van der Waals surface area contributed by atoms with Crippen molar-refractivity contribution in [3.05, 3.63) is 71.3 Å². The first-order valence-corrected chi connectivity index (χ1v) is 9.76. The van der Waals surface area contributed by atoms with Crippen molar-refractivity contribution < 1.29 is 23.9 Å². The van der Waals surface area contributed by atoms with Crippen LogP contribution in [0.5, 0.6) is 0 Å². The average Bonchev–Trinajstić information content (AvgIpc) is 2.70. The lowest BCUT2D eigenvalue weighted by Crippen LogP contribution is -2.32. The van der Waals surface area contributed by atoms with Crippen LogP contribution in [0.1, 0.15) is 48.7 Å². The Bertz CT molecular complexity index is 859. The maximum Gasteiger partial charge on any atom is 0.407 e. The van der Waals surface area contributed by atoms with Crippen molar-refractivity contribution in [2.24, 2.45) is 0 Å². The third-order valence-electron chi connectivity index (χ3n) is 3.88. The third-order valence-corrected chi connectivity index (χ3v) is 3.88. The Balaban J connectivity index is 1.74. The van der Waals surface area contributed by atoms with Crippen molar-refractivity contribution >= 4 is 18.0 Å². The Hall–Kier alpha value is -3.35. The summed E-state index contributed by atoms with van der Waals surface area (Å²) in [4.78, 5) is 35.9. The highest BCUT2D eigenvalue weighted by molar-refractivity contribution is 5.94. The summed E-state index contributed by atoms with van der Waals surface area (Å²) < 4.78 is 10.4. The smallest absolute Gasteiger partial charge is 0.407 e. The van der Waals surface area contributed by atoms with Crippen LogP contribution in [0.4, 0.5) is 4.79 Å². The average molecular weight is 412 g/mol. The van der Waals surface area contributed by atoms with Gasteiger partial charge in [-0.1, -0.05) is 42.5 Å². The van der Waals surface area contributed by atoms with Gasteiger partial charge in [0.2, 0.25) is 0 Å². The number of ether oxygens (including phenoxy) is 2. The number of esters is 1. The number of benzene rings is 2. The number of hydrogen-bond acceptors (Lipinski definition) is 5. The fourth-order valence-corrected chi connectivity index (χ4v) is 2.50. The summed E-state index contributed by atoms with van der Waals surface area (Å²) in [5, 5.41) is 5.35. The van der Waals surface area contributed by atoms with E-state index in [1.54, 1.807) is 45.0 Å². The van der Waals surface area contributed by atoms with Gasteiger partial charge in [-0.15, -0.1) is 0 Å². The second kappa shape index (κ2) is 11.0. The zero-order valence-electron chi connectivity index (χ0n) is 17.6. The molecule has 0 radical (unpaired) electrons. The van der Waals surface area contributed by atoms with E-state index in [9.17, 15) is 14.4 Å². The Morgan fingerprint density at radius 2 is 1.60 bits per heavy atom. The molecule has 0 heterocycles. The molecule has 2 aromatic rings. The van der Waals surface area contributed by atoms with Crippen LogP contribution in [0.3, 0.4) is 0 Å². The summed E-state index contributed by atoms with van der Waals surface area (Å²) in [6.45, 7) is 5.98. The van der Waals surface area contributed by atoms with Gasteiger partial charge in [-0.3, -0.25) is 9.59 Å². The molecule has 0 aliphatic rings. The third kappa shape index (κ3) is 8.77. The minimum absolute atomic E-state index is 0.0818. The molecule has 0 saturated carbocycles. The molecule has 0 fully saturated rings. The van der Waals surface area contributed by atoms with Crippen LogP contribution in [-0.2, 0) is 27.4 Å². The quantitative estimate of drug-likeness (QED) is 0.647. The normalized spacial score (nSPS) is 10.8. The number of amides is 2. The van der Waals surface area contributed by atoms with Crippen LogP contribution in [-0.4, -0.2) is 30.1 Å². The minimum Gasteiger partial charge on any atom is -0.461 e. The predicted octanol–water partition coefficient (Wildman–Crippen LogP) is 3.57. The zero-order chi connectivity index (χ0) is 22.0. The Morgan fingerprint density at radius 1 is 0.900 bits per heavy atom. The molecule has 0 spiro atoms. The zero-order valence-corrected chi connectivity index (χ0v) is 17.6. The molecule has 0 aliphatic heterocycles. The molecule has 2 amide bonds. The maximum atomic E-state index is 12.3. The Labute approximate surface area is 176 Å². The van der Waals surface area contributed by atoms with E-state index in [1.165, 1.54) is 0 Å². The van der Waals surface area contributed by atoms with Gasteiger partial charge in [-0.05, 0) is 44.0 Å². The lowest BCUT2D eigenvalue weighted by molar-refractivity contribution is -0.144. The molecule has 2 aromatic carbocycles. The second-order valence-electron chi connectivity index (χ2n) is 7.71. The minimum atomic E-state index is -0.575. The van der Waals surface area contributed by atoms with Crippen molar-refractivity contribution in [2.45, 2.75) is 45.9 Å². The number of carbonyl (C=O) groups excluding carboxylic acids is 3. The van der Waals surface area contributed by atoms with Crippen LogP contribution in [0.15, 0.2) is 54.6 Å². The highest BCUT2D eigenvalue weighted by Crippen LogP contribution is 2.09. The van der Waals surface area contributed by atoms with E-state index in [0.29, 0.717) is 5.56 Å². The first kappa shape index (κ1) is 22.9. The largest absolute Gasteiger partial charge is 0.461 e. The first-order chi connectivity index (χ1) is 14.2. The van der Waals surface area contributed by atoms with Gasteiger partial charge in [-0.2, -0.15) is 0 Å². The lowest BCUT2D eigenvalue weighted by atomic mass is 10.1. The fraction of sp³-hybridized carbons (Fsp3) is 0.348. The summed E-state index contributed by atoms with van der Waals surface area (Å²) in [6, 6.07) is 16.3. The molecular formula is C23H28N2O5. The summed E-state index contributed by atoms with van der Waals surface area (Å²) in [6.07, 6.45) is -0.440. The topological polar surface area (TPSA) is 93.7 Å². The molecule has 2 N–H and O–H groups in total. The van der Waals surface area contributed by atoms with Crippen LogP contribution in [0.25, 0.3) is 0 Å². The SMILES string of the molecule is CC(C)(C)OC(=O)NCc1cccc(C(=O)NCCC(=O)OCc2ccccc2)c1. The van der Waals surface area contributed by atoms with Gasteiger partial charge >= 0.3 is 12.1 Å². The lowest BCUT2D eigenvalue weighted by Gasteiger charge is -2.19. The van der Waals surface area contributed by atoms with E-state index in [2.05, 4.69) is 10.6 Å². The van der Waals surface area contributed by atoms with Gasteiger partial charge in [-0.25, -0.2) is 4.79 Å². The first-order valence-electron chi connectivity index (χ1n) is 9.76. The van der Waals surface area contributed by atoms with Crippen LogP contribution in [0.2, 0.25) is 0 Å². The van der Waals surface area contributed by atoms with E-state index in [1.807, 2.05) is 30.3 Å². The summed E-state index contributed by atoms with van der Waals surface area (Å²) in [7, 11) is 0. The molecule has 0 aromatic heterocycles. The van der Waals surface area contributed by atoms with Gasteiger partial charge in [0.15, 0.2) is 0 Å². The highest BCUT2D eigenvalue weighted by atomic mass is 16.6. The summed E-state index contributed by atoms with van der Waals surface area (Å²) in [5.41, 5.74) is 1.53. The van der Waals surface area contributed by atoms with Gasteiger partial charge in [0.05, 0.1) is 6.42 Å². The molecule has 30 heavy (non-hydrogen) atoms. The Morgan fingerprint density at radius 3 is 2.30 bits per heavy atom. The van der Waals surface area contributed by atoms with Crippen LogP contribution in [0, 0.1) is 0 Å². The molecule has 0 saturated heterocycles. The highest BCUT2D eigenvalue weighted by Gasteiger charge is 2.16. The maximum absolute atomic E-state index is 12.3. The monoisotopic (exact) mass is 412 g/mol. The molecule has 7 heteroatoms. The predicted molar refractivity (Wildman–Crippen MR) is 113 cm³/mol. The molecule has 7 nitrogen and oxygen atoms in total. The van der Waals surface area contributed by atoms with Crippen molar-refractivity contribution in [1.82, 2.24) is 10.6 Å². The van der Waals surface area contributed by atoms with Gasteiger partial charge < -0.3 is 20.1 Å². The van der Waals surface area contributed by atoms with Gasteiger partial charge in [0, 0.05) is 18.7 Å². The number of nitrogens with one attached hydrogen (secondary N) is 2. The number of hydrogen-bond donors (Lipinski definition) is 2. The molecule has 0 atom stereocenters. The van der Waals surface area contributed by atoms with Gasteiger partial charge in [0.25, 0.3) is 5.91 Å². The molecule has 0 unspecified atom stereocenters. The standard InChI is InChI=1S/C23H28N2O5/c1-23(2,3)30-22(28)25-15-18-10-7-11-19(14-18)21(27)24-13-12-20(26)29-16-17-8-5-4-6-9-17/h4-11,14H,12-13,15-16H2,1-3H3,(H,24,27)(H,25,28).